The highest BCUT2D eigenvalue weighted by atomic mass is 32.2. The summed E-state index contributed by atoms with van der Waals surface area (Å²) in [5.74, 6) is -0.342. The van der Waals surface area contributed by atoms with Gasteiger partial charge in [0.05, 0.1) is 7.11 Å². The number of ether oxygens (including phenoxy) is 1. The molecular weight excluding hydrogens is 414 g/mol. The Bertz CT molecular complexity index is 812. The number of benzene rings is 1. The summed E-state index contributed by atoms with van der Waals surface area (Å²) < 4.78 is 33.9. The topological polar surface area (TPSA) is 128 Å². The van der Waals surface area contributed by atoms with Crippen LogP contribution in [0.2, 0.25) is 0 Å². The van der Waals surface area contributed by atoms with E-state index >= 15 is 0 Å². The summed E-state index contributed by atoms with van der Waals surface area (Å²) in [6, 6.07) is 6.21. The minimum atomic E-state index is -3.46. The van der Waals surface area contributed by atoms with Crippen molar-refractivity contribution in [2.45, 2.75) is 25.3 Å². The van der Waals surface area contributed by atoms with E-state index in [2.05, 4.69) is 0 Å². The lowest BCUT2D eigenvalue weighted by molar-refractivity contribution is -0.143. The van der Waals surface area contributed by atoms with Gasteiger partial charge < -0.3 is 14.9 Å². The van der Waals surface area contributed by atoms with Crippen LogP contribution in [0.1, 0.15) is 30.9 Å². The largest absolute Gasteiger partial charge is 0.497 e. The quantitative estimate of drug-likeness (QED) is 0.620. The second kappa shape index (κ2) is 11.3. The Morgan fingerprint density at radius 1 is 1.07 bits per heavy atom. The summed E-state index contributed by atoms with van der Waals surface area (Å²) in [6.07, 6.45) is 2.40. The van der Waals surface area contributed by atoms with Gasteiger partial charge >= 0.3 is 5.97 Å². The first-order chi connectivity index (χ1) is 14.3. The average molecular weight is 444 g/mol. The predicted molar refractivity (Wildman–Crippen MR) is 110 cm³/mol. The summed E-state index contributed by atoms with van der Waals surface area (Å²) in [4.78, 5) is 22.2. The van der Waals surface area contributed by atoms with Crippen LogP contribution in [0.3, 0.4) is 0 Å². The SMILES string of the molecule is COc1cccc(C(C(=O)O)N2CCCN(S(=O)(=O)N3CCCC3)CC2)c1.O=CO. The molecule has 3 rings (SSSR count). The van der Waals surface area contributed by atoms with Crippen molar-refractivity contribution in [2.24, 2.45) is 0 Å². The lowest BCUT2D eigenvalue weighted by Gasteiger charge is -2.29. The zero-order chi connectivity index (χ0) is 22.1. The number of carbonyl (C=O) groups is 2. The first-order valence-corrected chi connectivity index (χ1v) is 11.2. The van der Waals surface area contributed by atoms with Crippen LogP contribution >= 0.6 is 0 Å². The van der Waals surface area contributed by atoms with Crippen molar-refractivity contribution in [3.63, 3.8) is 0 Å². The molecular formula is C19H29N3O7S. The van der Waals surface area contributed by atoms with Gasteiger partial charge in [0.25, 0.3) is 16.7 Å². The number of carboxylic acid groups (broad SMARTS) is 2. The number of hydrogen-bond acceptors (Lipinski definition) is 6. The zero-order valence-electron chi connectivity index (χ0n) is 17.0. The van der Waals surface area contributed by atoms with Crippen LogP contribution in [0.15, 0.2) is 24.3 Å². The van der Waals surface area contributed by atoms with Crippen molar-refractivity contribution >= 4 is 22.7 Å². The fraction of sp³-hybridized carbons (Fsp3) is 0.579. The number of hydrogen-bond donors (Lipinski definition) is 2. The average Bonchev–Trinajstić information content (AvgIpc) is 3.16. The molecule has 2 N–H and O–H groups in total. The maximum absolute atomic E-state index is 12.8. The third-order valence-electron chi connectivity index (χ3n) is 5.22. The van der Waals surface area contributed by atoms with Crippen molar-refractivity contribution in [1.82, 2.24) is 13.5 Å². The fourth-order valence-corrected chi connectivity index (χ4v) is 5.52. The molecule has 1 unspecified atom stereocenters. The minimum Gasteiger partial charge on any atom is -0.497 e. The Morgan fingerprint density at radius 2 is 1.67 bits per heavy atom. The number of methoxy groups -OCH3 is 1. The maximum Gasteiger partial charge on any atom is 0.325 e. The number of rotatable bonds is 6. The molecule has 2 aliphatic rings. The summed E-state index contributed by atoms with van der Waals surface area (Å²) in [5.41, 5.74) is 0.637. The van der Waals surface area contributed by atoms with E-state index in [1.807, 2.05) is 4.90 Å². The Hall–Kier alpha value is -2.21. The molecule has 1 aromatic carbocycles. The first-order valence-electron chi connectivity index (χ1n) is 9.79. The molecule has 10 nitrogen and oxygen atoms in total. The molecule has 0 radical (unpaired) electrons. The van der Waals surface area contributed by atoms with Gasteiger partial charge in [0.1, 0.15) is 11.8 Å². The molecule has 11 heteroatoms. The molecule has 2 aliphatic heterocycles. The van der Waals surface area contributed by atoms with Gasteiger partial charge in [0.2, 0.25) is 0 Å². The molecule has 0 bridgehead atoms. The smallest absolute Gasteiger partial charge is 0.325 e. The highest BCUT2D eigenvalue weighted by molar-refractivity contribution is 7.86. The van der Waals surface area contributed by atoms with E-state index in [0.29, 0.717) is 57.0 Å². The monoisotopic (exact) mass is 443 g/mol. The second-order valence-electron chi connectivity index (χ2n) is 7.03. The van der Waals surface area contributed by atoms with Gasteiger partial charge in [-0.1, -0.05) is 12.1 Å². The Balaban J connectivity index is 0.00000101. The lowest BCUT2D eigenvalue weighted by Crippen LogP contribution is -2.44. The van der Waals surface area contributed by atoms with E-state index in [0.717, 1.165) is 12.8 Å². The second-order valence-corrected chi connectivity index (χ2v) is 8.95. The van der Waals surface area contributed by atoms with Gasteiger partial charge in [0.15, 0.2) is 0 Å². The Labute approximate surface area is 176 Å². The molecule has 30 heavy (non-hydrogen) atoms. The number of aliphatic carboxylic acids is 1. The van der Waals surface area contributed by atoms with Gasteiger partial charge in [-0.25, -0.2) is 0 Å². The maximum atomic E-state index is 12.8. The van der Waals surface area contributed by atoms with E-state index < -0.39 is 22.2 Å². The molecule has 1 atom stereocenters. The molecule has 1 aromatic rings. The standard InChI is InChI=1S/C18H27N3O5S.CH2O2/c1-26-16-7-4-6-15(14-16)17(18(22)23)19-8-5-11-21(13-12-19)27(24,25)20-9-2-3-10-20;2-1-3/h4,6-7,14,17H,2-3,5,8-13H2,1H3,(H,22,23);1H,(H,2,3). The molecule has 2 heterocycles. The van der Waals surface area contributed by atoms with Gasteiger partial charge in [-0.15, -0.1) is 0 Å². The van der Waals surface area contributed by atoms with E-state index in [9.17, 15) is 18.3 Å². The summed E-state index contributed by atoms with van der Waals surface area (Å²) in [6.45, 7) is 2.52. The highest BCUT2D eigenvalue weighted by Crippen LogP contribution is 2.27. The van der Waals surface area contributed by atoms with Crippen LogP contribution in [0.25, 0.3) is 0 Å². The van der Waals surface area contributed by atoms with E-state index in [4.69, 9.17) is 14.6 Å². The number of carboxylic acids is 1. The van der Waals surface area contributed by atoms with Gasteiger partial charge in [-0.2, -0.15) is 17.0 Å². The number of nitrogens with zero attached hydrogens (tertiary/aromatic N) is 3. The molecule has 0 saturated carbocycles. The van der Waals surface area contributed by atoms with Crippen molar-refractivity contribution in [3.8, 4) is 5.75 Å². The summed E-state index contributed by atoms with van der Waals surface area (Å²) in [5, 5.41) is 16.7. The van der Waals surface area contributed by atoms with Crippen LogP contribution in [0.4, 0.5) is 0 Å². The van der Waals surface area contributed by atoms with E-state index in [-0.39, 0.29) is 6.47 Å². The van der Waals surface area contributed by atoms with Crippen LogP contribution in [0, 0.1) is 0 Å². The molecule has 168 valence electrons. The Morgan fingerprint density at radius 3 is 2.27 bits per heavy atom. The van der Waals surface area contributed by atoms with Crippen LogP contribution in [-0.4, -0.2) is 91.0 Å². The van der Waals surface area contributed by atoms with Crippen LogP contribution in [0.5, 0.6) is 5.75 Å². The molecule has 0 spiro atoms. The molecule has 0 aromatic heterocycles. The predicted octanol–water partition coefficient (Wildman–Crippen LogP) is 0.870. The molecule has 0 amide bonds. The van der Waals surface area contributed by atoms with Crippen molar-refractivity contribution in [3.05, 3.63) is 29.8 Å². The van der Waals surface area contributed by atoms with Crippen molar-refractivity contribution in [2.75, 3.05) is 46.4 Å². The van der Waals surface area contributed by atoms with E-state index in [1.165, 1.54) is 4.31 Å². The van der Waals surface area contributed by atoms with Crippen LogP contribution in [-0.2, 0) is 19.8 Å². The van der Waals surface area contributed by atoms with Gasteiger partial charge in [-0.3, -0.25) is 14.5 Å². The summed E-state index contributed by atoms with van der Waals surface area (Å²) in [7, 11) is -1.91. The third kappa shape index (κ3) is 5.91. The molecule has 0 aliphatic carbocycles. The Kier molecular flexibility index (Phi) is 9.03. The highest BCUT2D eigenvalue weighted by Gasteiger charge is 2.35. The third-order valence-corrected chi connectivity index (χ3v) is 7.25. The molecule has 2 fully saturated rings. The molecule has 2 saturated heterocycles. The first kappa shape index (κ1) is 24.1. The van der Waals surface area contributed by atoms with Crippen LogP contribution < -0.4 is 4.74 Å². The fourth-order valence-electron chi connectivity index (χ4n) is 3.81. The lowest BCUT2D eigenvalue weighted by atomic mass is 10.0. The van der Waals surface area contributed by atoms with Crippen molar-refractivity contribution in [1.29, 1.82) is 0 Å². The van der Waals surface area contributed by atoms with E-state index in [1.54, 1.807) is 35.7 Å². The summed E-state index contributed by atoms with van der Waals surface area (Å²) >= 11 is 0. The van der Waals surface area contributed by atoms with Gasteiger partial charge in [-0.05, 0) is 37.0 Å². The van der Waals surface area contributed by atoms with Gasteiger partial charge in [0, 0.05) is 39.3 Å². The minimum absolute atomic E-state index is 0.250. The van der Waals surface area contributed by atoms with Crippen molar-refractivity contribution < 1.29 is 33.0 Å². The zero-order valence-corrected chi connectivity index (χ0v) is 17.8. The normalized spacial score (nSPS) is 19.9.